The van der Waals surface area contributed by atoms with E-state index >= 15 is 0 Å². The highest BCUT2D eigenvalue weighted by Gasteiger charge is 2.12. The maximum atomic E-state index is 6.08. The van der Waals surface area contributed by atoms with E-state index in [0.717, 1.165) is 46.1 Å². The van der Waals surface area contributed by atoms with E-state index in [1.807, 2.05) is 60.7 Å². The van der Waals surface area contributed by atoms with Crippen molar-refractivity contribution in [2.75, 3.05) is 7.11 Å². The van der Waals surface area contributed by atoms with Crippen molar-refractivity contribution in [1.82, 2.24) is 9.97 Å². The molecular weight excluding hydrogens is 392 g/mol. The number of halogens is 1. The Morgan fingerprint density at radius 3 is 2.33 bits per heavy atom. The van der Waals surface area contributed by atoms with Gasteiger partial charge in [-0.3, -0.25) is 0 Å². The van der Waals surface area contributed by atoms with E-state index in [1.165, 1.54) is 5.57 Å². The third kappa shape index (κ3) is 5.52. The molecule has 0 aliphatic heterocycles. The Balaban J connectivity index is 1.98. The molecule has 3 aromatic rings. The molecule has 0 amide bonds. The summed E-state index contributed by atoms with van der Waals surface area (Å²) in [7, 11) is 1.67. The number of allylic oxidation sites excluding steroid dienone is 4. The van der Waals surface area contributed by atoms with Gasteiger partial charge >= 0.3 is 0 Å². The van der Waals surface area contributed by atoms with Gasteiger partial charge in [-0.2, -0.15) is 0 Å². The Morgan fingerprint density at radius 1 is 1.00 bits per heavy atom. The molecule has 0 fully saturated rings. The van der Waals surface area contributed by atoms with Crippen molar-refractivity contribution in [3.05, 3.63) is 88.4 Å². The van der Waals surface area contributed by atoms with Gasteiger partial charge < -0.3 is 9.72 Å². The van der Waals surface area contributed by atoms with Crippen molar-refractivity contribution < 1.29 is 4.74 Å². The topological polar surface area (TPSA) is 37.9 Å². The first-order valence-corrected chi connectivity index (χ1v) is 10.4. The Hall–Kier alpha value is -3.04. The molecule has 0 aliphatic carbocycles. The number of aromatic amines is 1. The fraction of sp³-hybridized carbons (Fsp3) is 0.192. The van der Waals surface area contributed by atoms with Gasteiger partial charge in [0.25, 0.3) is 0 Å². The standard InChI is InChI=1S/C26H27ClN2O/c1-5-18(2)6-7-19(3)25-26(21-11-13-22(27)14-12-21)29-24(28-25)17-10-20-8-15-23(30-4)16-9-20/h6-17H,5H2,1-4H3,(H,28,29)/b17-10+,18-6-,19-7+. The van der Waals surface area contributed by atoms with E-state index in [1.54, 1.807) is 7.11 Å². The number of nitrogens with one attached hydrogen (secondary N) is 1. The number of hydrogen-bond donors (Lipinski definition) is 1. The molecule has 0 atom stereocenters. The highest BCUT2D eigenvalue weighted by atomic mass is 35.5. The molecule has 4 heteroatoms. The normalized spacial score (nSPS) is 12.6. The molecule has 1 aromatic heterocycles. The maximum absolute atomic E-state index is 6.08. The largest absolute Gasteiger partial charge is 0.497 e. The van der Waals surface area contributed by atoms with Gasteiger partial charge in [0.1, 0.15) is 11.6 Å². The predicted molar refractivity (Wildman–Crippen MR) is 129 cm³/mol. The van der Waals surface area contributed by atoms with Crippen molar-refractivity contribution in [3.8, 4) is 17.0 Å². The molecule has 0 bridgehead atoms. The summed E-state index contributed by atoms with van der Waals surface area (Å²) in [6.45, 7) is 6.38. The molecule has 0 aliphatic rings. The van der Waals surface area contributed by atoms with Crippen LogP contribution >= 0.6 is 11.6 Å². The van der Waals surface area contributed by atoms with E-state index in [9.17, 15) is 0 Å². The molecule has 2 aromatic carbocycles. The van der Waals surface area contributed by atoms with Crippen LogP contribution in [0.4, 0.5) is 0 Å². The molecule has 3 rings (SSSR count). The average Bonchev–Trinajstić information content (AvgIpc) is 3.21. The number of rotatable bonds is 7. The van der Waals surface area contributed by atoms with Gasteiger partial charge in [-0.15, -0.1) is 0 Å². The highest BCUT2D eigenvalue weighted by Crippen LogP contribution is 2.29. The molecule has 1 N–H and O–H groups in total. The SMILES string of the molecule is CC/C(C)=C\C=C(/C)c1nc(/C=C/c2ccc(OC)cc2)[nH]c1-c1ccc(Cl)cc1. The van der Waals surface area contributed by atoms with Crippen LogP contribution in [0, 0.1) is 0 Å². The zero-order valence-corrected chi connectivity index (χ0v) is 18.6. The van der Waals surface area contributed by atoms with Crippen LogP contribution in [-0.4, -0.2) is 17.1 Å². The quantitative estimate of drug-likeness (QED) is 0.399. The van der Waals surface area contributed by atoms with Crippen LogP contribution in [0.15, 0.2) is 66.3 Å². The monoisotopic (exact) mass is 418 g/mol. The number of methoxy groups -OCH3 is 1. The zero-order chi connectivity index (χ0) is 21.5. The molecule has 0 unspecified atom stereocenters. The lowest BCUT2D eigenvalue weighted by atomic mass is 10.1. The lowest BCUT2D eigenvalue weighted by Crippen LogP contribution is -1.86. The summed E-state index contributed by atoms with van der Waals surface area (Å²) in [6.07, 6.45) is 9.34. The predicted octanol–water partition coefficient (Wildman–Crippen LogP) is 7.67. The lowest BCUT2D eigenvalue weighted by Gasteiger charge is -2.03. The first kappa shape index (κ1) is 21.7. The molecule has 30 heavy (non-hydrogen) atoms. The third-order valence-corrected chi connectivity index (χ3v) is 5.21. The molecule has 0 spiro atoms. The van der Waals surface area contributed by atoms with Crippen molar-refractivity contribution in [3.63, 3.8) is 0 Å². The number of imidazole rings is 1. The minimum Gasteiger partial charge on any atom is -0.497 e. The second kappa shape index (κ2) is 10.1. The third-order valence-electron chi connectivity index (χ3n) is 4.95. The van der Waals surface area contributed by atoms with Crippen molar-refractivity contribution in [2.45, 2.75) is 27.2 Å². The fourth-order valence-electron chi connectivity index (χ4n) is 2.94. The van der Waals surface area contributed by atoms with Crippen molar-refractivity contribution in [1.29, 1.82) is 0 Å². The number of benzene rings is 2. The Kier molecular flexibility index (Phi) is 7.31. The molecule has 3 nitrogen and oxygen atoms in total. The summed E-state index contributed by atoms with van der Waals surface area (Å²) in [6, 6.07) is 15.7. The summed E-state index contributed by atoms with van der Waals surface area (Å²) in [5, 5.41) is 0.716. The van der Waals surface area contributed by atoms with E-state index < -0.39 is 0 Å². The summed E-state index contributed by atoms with van der Waals surface area (Å²) < 4.78 is 5.22. The Morgan fingerprint density at radius 2 is 1.70 bits per heavy atom. The maximum Gasteiger partial charge on any atom is 0.131 e. The van der Waals surface area contributed by atoms with Gasteiger partial charge in [0.05, 0.1) is 18.5 Å². The zero-order valence-electron chi connectivity index (χ0n) is 17.9. The molecule has 0 radical (unpaired) electrons. The first-order chi connectivity index (χ1) is 14.5. The lowest BCUT2D eigenvalue weighted by molar-refractivity contribution is 0.415. The molecule has 1 heterocycles. The summed E-state index contributed by atoms with van der Waals surface area (Å²) >= 11 is 6.08. The van der Waals surface area contributed by atoms with E-state index in [0.29, 0.717) is 5.02 Å². The van der Waals surface area contributed by atoms with Gasteiger partial charge in [-0.05, 0) is 61.7 Å². The fourth-order valence-corrected chi connectivity index (χ4v) is 3.06. The minimum atomic E-state index is 0.716. The van der Waals surface area contributed by atoms with Gasteiger partial charge in [0.15, 0.2) is 0 Å². The van der Waals surface area contributed by atoms with Gasteiger partial charge in [0, 0.05) is 10.6 Å². The number of nitrogens with zero attached hydrogens (tertiary/aromatic N) is 1. The van der Waals surface area contributed by atoms with Crippen LogP contribution < -0.4 is 4.74 Å². The van der Waals surface area contributed by atoms with Crippen LogP contribution in [0.25, 0.3) is 29.0 Å². The summed E-state index contributed by atoms with van der Waals surface area (Å²) in [5.41, 5.74) is 6.49. The average molecular weight is 419 g/mol. The van der Waals surface area contributed by atoms with Crippen LogP contribution in [0.3, 0.4) is 0 Å². The molecular formula is C26H27ClN2O. The number of ether oxygens (including phenoxy) is 1. The van der Waals surface area contributed by atoms with Crippen molar-refractivity contribution >= 4 is 29.3 Å². The molecule has 0 saturated heterocycles. The molecule has 0 saturated carbocycles. The van der Waals surface area contributed by atoms with Gasteiger partial charge in [0.2, 0.25) is 0 Å². The van der Waals surface area contributed by atoms with E-state index in [-0.39, 0.29) is 0 Å². The number of H-pyrrole nitrogens is 1. The van der Waals surface area contributed by atoms with E-state index in [4.69, 9.17) is 21.3 Å². The first-order valence-electron chi connectivity index (χ1n) is 10.0. The van der Waals surface area contributed by atoms with E-state index in [2.05, 4.69) is 37.9 Å². The minimum absolute atomic E-state index is 0.716. The van der Waals surface area contributed by atoms with Crippen molar-refractivity contribution in [2.24, 2.45) is 0 Å². The second-order valence-corrected chi connectivity index (χ2v) is 7.61. The molecule has 154 valence electrons. The second-order valence-electron chi connectivity index (χ2n) is 7.18. The number of aromatic nitrogens is 2. The van der Waals surface area contributed by atoms with Gasteiger partial charge in [-0.1, -0.05) is 66.6 Å². The van der Waals surface area contributed by atoms with Crippen LogP contribution in [0.5, 0.6) is 5.75 Å². The smallest absolute Gasteiger partial charge is 0.131 e. The Bertz CT molecular complexity index is 1070. The Labute approximate surface area is 183 Å². The van der Waals surface area contributed by atoms with Crippen LogP contribution in [-0.2, 0) is 0 Å². The summed E-state index contributed by atoms with van der Waals surface area (Å²) in [5.74, 6) is 1.64. The van der Waals surface area contributed by atoms with Crippen LogP contribution in [0.2, 0.25) is 5.02 Å². The highest BCUT2D eigenvalue weighted by molar-refractivity contribution is 6.30. The van der Waals surface area contributed by atoms with Crippen LogP contribution in [0.1, 0.15) is 44.3 Å². The summed E-state index contributed by atoms with van der Waals surface area (Å²) in [4.78, 5) is 8.33. The number of hydrogen-bond acceptors (Lipinski definition) is 2. The van der Waals surface area contributed by atoms with Gasteiger partial charge in [-0.25, -0.2) is 4.98 Å².